The molecule has 94 valence electrons. The van der Waals surface area contributed by atoms with Gasteiger partial charge in [0.05, 0.1) is 11.6 Å². The highest BCUT2D eigenvalue weighted by atomic mass is 14.4. The van der Waals surface area contributed by atoms with Gasteiger partial charge in [-0.2, -0.15) is 5.26 Å². The van der Waals surface area contributed by atoms with Crippen molar-refractivity contribution < 1.29 is 0 Å². The molecule has 1 aromatic carbocycles. The first kappa shape index (κ1) is 11.8. The number of hydrogen-bond donors (Lipinski definition) is 0. The van der Waals surface area contributed by atoms with E-state index in [2.05, 4.69) is 18.2 Å². The van der Waals surface area contributed by atoms with Crippen molar-refractivity contribution in [2.45, 2.75) is 50.9 Å². The van der Waals surface area contributed by atoms with Crippen LogP contribution in [0.15, 0.2) is 24.3 Å². The quantitative estimate of drug-likeness (QED) is 0.738. The maximum atomic E-state index is 8.82. The van der Waals surface area contributed by atoms with Crippen molar-refractivity contribution in [3.05, 3.63) is 35.4 Å². The zero-order valence-corrected chi connectivity index (χ0v) is 10.9. The highest BCUT2D eigenvalue weighted by Crippen LogP contribution is 2.44. The van der Waals surface area contributed by atoms with Gasteiger partial charge in [-0.15, -0.1) is 0 Å². The standard InChI is InChI=1S/C17H21N/c18-12-13-4-6-15(7-5-13)17-10-8-16(9-11-17)14-2-1-3-14/h4-7,14,16-17H,1-3,8-11H2. The second-order valence-electron chi connectivity index (χ2n) is 6.04. The molecular formula is C17H21N. The molecule has 0 N–H and O–H groups in total. The van der Waals surface area contributed by atoms with Gasteiger partial charge in [-0.1, -0.05) is 31.4 Å². The summed E-state index contributed by atoms with van der Waals surface area (Å²) in [6.45, 7) is 0. The van der Waals surface area contributed by atoms with Crippen molar-refractivity contribution in [3.63, 3.8) is 0 Å². The van der Waals surface area contributed by atoms with Gasteiger partial charge in [-0.3, -0.25) is 0 Å². The van der Waals surface area contributed by atoms with Gasteiger partial charge < -0.3 is 0 Å². The summed E-state index contributed by atoms with van der Waals surface area (Å²) in [5.41, 5.74) is 2.22. The Morgan fingerprint density at radius 2 is 1.44 bits per heavy atom. The highest BCUT2D eigenvalue weighted by Gasteiger charge is 2.31. The van der Waals surface area contributed by atoms with E-state index in [1.54, 1.807) is 0 Å². The smallest absolute Gasteiger partial charge is 0.0991 e. The van der Waals surface area contributed by atoms with Crippen LogP contribution in [0.1, 0.15) is 62.0 Å². The number of rotatable bonds is 2. The van der Waals surface area contributed by atoms with Crippen molar-refractivity contribution in [3.8, 4) is 6.07 Å². The molecule has 2 aliphatic carbocycles. The van der Waals surface area contributed by atoms with Crippen LogP contribution < -0.4 is 0 Å². The van der Waals surface area contributed by atoms with Crippen molar-refractivity contribution in [2.75, 3.05) is 0 Å². The van der Waals surface area contributed by atoms with E-state index >= 15 is 0 Å². The van der Waals surface area contributed by atoms with Crippen LogP contribution in [0.5, 0.6) is 0 Å². The van der Waals surface area contributed by atoms with Crippen LogP contribution in [-0.2, 0) is 0 Å². The first-order valence-electron chi connectivity index (χ1n) is 7.37. The third-order valence-corrected chi connectivity index (χ3v) is 5.10. The molecule has 2 fully saturated rings. The van der Waals surface area contributed by atoms with E-state index < -0.39 is 0 Å². The Kier molecular flexibility index (Phi) is 3.37. The third kappa shape index (κ3) is 2.29. The van der Waals surface area contributed by atoms with E-state index in [0.29, 0.717) is 0 Å². The lowest BCUT2D eigenvalue weighted by atomic mass is 9.67. The number of nitriles is 1. The summed E-state index contributed by atoms with van der Waals surface area (Å²) in [5, 5.41) is 8.82. The summed E-state index contributed by atoms with van der Waals surface area (Å²) in [4.78, 5) is 0. The number of hydrogen-bond acceptors (Lipinski definition) is 1. The minimum Gasteiger partial charge on any atom is -0.192 e. The molecule has 0 saturated heterocycles. The lowest BCUT2D eigenvalue weighted by Crippen LogP contribution is -2.25. The van der Waals surface area contributed by atoms with Crippen molar-refractivity contribution in [1.29, 1.82) is 5.26 Å². The molecule has 0 atom stereocenters. The van der Waals surface area contributed by atoms with Crippen molar-refractivity contribution >= 4 is 0 Å². The van der Waals surface area contributed by atoms with Gasteiger partial charge in [0, 0.05) is 0 Å². The highest BCUT2D eigenvalue weighted by molar-refractivity contribution is 5.33. The molecule has 2 aliphatic rings. The fraction of sp³-hybridized carbons (Fsp3) is 0.588. The molecule has 0 aliphatic heterocycles. The summed E-state index contributed by atoms with van der Waals surface area (Å²) < 4.78 is 0. The van der Waals surface area contributed by atoms with Gasteiger partial charge >= 0.3 is 0 Å². The molecule has 2 saturated carbocycles. The summed E-state index contributed by atoms with van der Waals surface area (Å²) in [6.07, 6.45) is 10.0. The largest absolute Gasteiger partial charge is 0.192 e. The van der Waals surface area contributed by atoms with E-state index in [4.69, 9.17) is 5.26 Å². The van der Waals surface area contributed by atoms with Gasteiger partial charge in [-0.25, -0.2) is 0 Å². The van der Waals surface area contributed by atoms with Crippen LogP contribution in [0, 0.1) is 23.2 Å². The van der Waals surface area contributed by atoms with Crippen molar-refractivity contribution in [1.82, 2.24) is 0 Å². The molecule has 0 bridgehead atoms. The lowest BCUT2D eigenvalue weighted by Gasteiger charge is -2.38. The monoisotopic (exact) mass is 239 g/mol. The Bertz CT molecular complexity index is 428. The van der Waals surface area contributed by atoms with Gasteiger partial charge in [0.1, 0.15) is 0 Å². The normalized spacial score (nSPS) is 28.4. The fourth-order valence-electron chi connectivity index (χ4n) is 3.66. The van der Waals surface area contributed by atoms with Crippen LogP contribution >= 0.6 is 0 Å². The Hall–Kier alpha value is -1.29. The topological polar surface area (TPSA) is 23.8 Å². The van der Waals surface area contributed by atoms with E-state index in [1.165, 1.54) is 50.5 Å². The first-order chi connectivity index (χ1) is 8.86. The zero-order chi connectivity index (χ0) is 12.4. The molecule has 0 radical (unpaired) electrons. The van der Waals surface area contributed by atoms with E-state index in [-0.39, 0.29) is 0 Å². The van der Waals surface area contributed by atoms with Gasteiger partial charge in [0.2, 0.25) is 0 Å². The lowest BCUT2D eigenvalue weighted by molar-refractivity contribution is 0.154. The van der Waals surface area contributed by atoms with Gasteiger partial charge in [0.25, 0.3) is 0 Å². The Balaban J connectivity index is 1.59. The SMILES string of the molecule is N#Cc1ccc(C2CCC(C3CCC3)CC2)cc1. The molecule has 0 spiro atoms. The molecule has 18 heavy (non-hydrogen) atoms. The molecule has 3 rings (SSSR count). The van der Waals surface area contributed by atoms with Crippen LogP contribution in [0.25, 0.3) is 0 Å². The maximum absolute atomic E-state index is 8.82. The summed E-state index contributed by atoms with van der Waals surface area (Å²) in [7, 11) is 0. The molecule has 1 heteroatoms. The van der Waals surface area contributed by atoms with E-state index in [0.717, 1.165) is 23.3 Å². The minimum atomic E-state index is 0.745. The Labute approximate surface area is 110 Å². The fourth-order valence-corrected chi connectivity index (χ4v) is 3.66. The molecule has 0 heterocycles. The second-order valence-corrected chi connectivity index (χ2v) is 6.04. The second kappa shape index (κ2) is 5.14. The van der Waals surface area contributed by atoms with Gasteiger partial charge in [-0.05, 0) is 61.1 Å². The molecule has 0 aromatic heterocycles. The Morgan fingerprint density at radius 1 is 0.833 bits per heavy atom. The van der Waals surface area contributed by atoms with Crippen LogP contribution in [-0.4, -0.2) is 0 Å². The predicted molar refractivity (Wildman–Crippen MR) is 73.2 cm³/mol. The minimum absolute atomic E-state index is 0.745. The predicted octanol–water partition coefficient (Wildman–Crippen LogP) is 4.63. The maximum Gasteiger partial charge on any atom is 0.0991 e. The molecule has 0 amide bonds. The molecular weight excluding hydrogens is 218 g/mol. The van der Waals surface area contributed by atoms with E-state index in [1.807, 2.05) is 12.1 Å². The van der Waals surface area contributed by atoms with E-state index in [9.17, 15) is 0 Å². The average molecular weight is 239 g/mol. The van der Waals surface area contributed by atoms with Crippen LogP contribution in [0.2, 0.25) is 0 Å². The zero-order valence-electron chi connectivity index (χ0n) is 10.9. The van der Waals surface area contributed by atoms with Crippen LogP contribution in [0.4, 0.5) is 0 Å². The van der Waals surface area contributed by atoms with Gasteiger partial charge in [0.15, 0.2) is 0 Å². The third-order valence-electron chi connectivity index (χ3n) is 5.10. The number of nitrogens with zero attached hydrogens (tertiary/aromatic N) is 1. The van der Waals surface area contributed by atoms with Crippen molar-refractivity contribution in [2.24, 2.45) is 11.8 Å². The summed E-state index contributed by atoms with van der Waals surface area (Å²) >= 11 is 0. The number of benzene rings is 1. The first-order valence-corrected chi connectivity index (χ1v) is 7.37. The molecule has 0 unspecified atom stereocenters. The van der Waals surface area contributed by atoms with Crippen LogP contribution in [0.3, 0.4) is 0 Å². The molecule has 1 aromatic rings. The Morgan fingerprint density at radius 3 is 1.94 bits per heavy atom. The summed E-state index contributed by atoms with van der Waals surface area (Å²) in [5.74, 6) is 2.83. The average Bonchev–Trinajstić information content (AvgIpc) is 2.38. The molecule has 1 nitrogen and oxygen atoms in total. The summed E-state index contributed by atoms with van der Waals surface area (Å²) in [6, 6.07) is 10.4.